The molecule has 5 nitrogen and oxygen atoms in total. The van der Waals surface area contributed by atoms with Crippen LogP contribution in [0.25, 0.3) is 27.8 Å². The molecule has 0 unspecified atom stereocenters. The largest absolute Gasteiger partial charge is 0.354 e. The number of rotatable bonds is 2. The zero-order valence-electron chi connectivity index (χ0n) is 14.1. The average Bonchev–Trinajstić information content (AvgIpc) is 3.01. The van der Waals surface area contributed by atoms with Crippen molar-refractivity contribution in [1.82, 2.24) is 9.97 Å². The number of benzene rings is 1. The van der Waals surface area contributed by atoms with Crippen molar-refractivity contribution in [3.05, 3.63) is 46.9 Å². The molecule has 1 N–H and O–H groups in total. The van der Waals surface area contributed by atoms with Gasteiger partial charge in [-0.25, -0.2) is 0 Å². The Morgan fingerprint density at radius 2 is 1.83 bits per heavy atom. The number of methoxy groups -OCH3 is 2. The summed E-state index contributed by atoms with van der Waals surface area (Å²) < 4.78 is 11.2. The molecule has 0 spiro atoms. The molecule has 1 aliphatic rings. The molecule has 0 saturated heterocycles. The van der Waals surface area contributed by atoms with Gasteiger partial charge in [-0.1, -0.05) is 0 Å². The van der Waals surface area contributed by atoms with Gasteiger partial charge >= 0.3 is 0 Å². The Hall–Kier alpha value is -2.50. The van der Waals surface area contributed by atoms with Crippen molar-refractivity contribution in [2.45, 2.75) is 19.6 Å². The number of ether oxygens (including phenoxy) is 2. The highest BCUT2D eigenvalue weighted by molar-refractivity contribution is 6.12. The highest BCUT2D eigenvalue weighted by Gasteiger charge is 2.45. The van der Waals surface area contributed by atoms with Crippen LogP contribution in [0.1, 0.15) is 22.4 Å². The van der Waals surface area contributed by atoms with Gasteiger partial charge < -0.3 is 14.5 Å². The number of aryl methyl sites for hydroxylation is 2. The molecule has 0 radical (unpaired) electrons. The van der Waals surface area contributed by atoms with Gasteiger partial charge in [0, 0.05) is 43.1 Å². The van der Waals surface area contributed by atoms with Crippen LogP contribution in [-0.2, 0) is 20.1 Å². The van der Waals surface area contributed by atoms with Crippen molar-refractivity contribution in [3.63, 3.8) is 0 Å². The van der Waals surface area contributed by atoms with E-state index in [1.807, 2.05) is 19.2 Å². The molecule has 2 aromatic heterocycles. The molecule has 24 heavy (non-hydrogen) atoms. The number of fused-ring (bicyclic) bond motifs is 4. The molecule has 0 amide bonds. The van der Waals surface area contributed by atoms with Gasteiger partial charge in [0.25, 0.3) is 5.79 Å². The van der Waals surface area contributed by atoms with Crippen molar-refractivity contribution in [2.24, 2.45) is 0 Å². The molecule has 0 fully saturated rings. The van der Waals surface area contributed by atoms with Gasteiger partial charge in [0.2, 0.25) is 5.78 Å². The fourth-order valence-electron chi connectivity index (χ4n) is 3.81. The van der Waals surface area contributed by atoms with E-state index in [2.05, 4.69) is 16.9 Å². The predicted molar refractivity (Wildman–Crippen MR) is 92.8 cm³/mol. The minimum absolute atomic E-state index is 0.218. The van der Waals surface area contributed by atoms with Crippen LogP contribution in [0.4, 0.5) is 0 Å². The summed E-state index contributed by atoms with van der Waals surface area (Å²) in [5, 5.41) is 3.17. The second-order valence-corrected chi connectivity index (χ2v) is 6.06. The maximum absolute atomic E-state index is 12.6. The average molecular weight is 322 g/mol. The van der Waals surface area contributed by atoms with Crippen LogP contribution in [0.3, 0.4) is 0 Å². The molecule has 5 heteroatoms. The summed E-state index contributed by atoms with van der Waals surface area (Å²) >= 11 is 0. The summed E-state index contributed by atoms with van der Waals surface area (Å²) in [6, 6.07) is 2.01. The first kappa shape index (κ1) is 15.1. The molecule has 3 aromatic rings. The molecule has 0 bridgehead atoms. The first-order valence-corrected chi connectivity index (χ1v) is 7.77. The van der Waals surface area contributed by atoms with Crippen LogP contribution in [-0.4, -0.2) is 30.0 Å². The number of nitrogens with zero attached hydrogens (tertiary/aromatic N) is 1. The van der Waals surface area contributed by atoms with Gasteiger partial charge in [-0.3, -0.25) is 9.78 Å². The summed E-state index contributed by atoms with van der Waals surface area (Å²) in [5.74, 6) is -1.64. The lowest BCUT2D eigenvalue weighted by Crippen LogP contribution is -2.40. The van der Waals surface area contributed by atoms with Crippen LogP contribution in [0.15, 0.2) is 24.5 Å². The Morgan fingerprint density at radius 1 is 1.08 bits per heavy atom. The highest BCUT2D eigenvalue weighted by atomic mass is 16.7. The lowest BCUT2D eigenvalue weighted by molar-refractivity contribution is -0.208. The minimum Gasteiger partial charge on any atom is -0.354 e. The number of nitrogens with one attached hydrogen (secondary N) is 1. The normalized spacial score (nSPS) is 16.1. The predicted octanol–water partition coefficient (Wildman–Crippen LogP) is 3.37. The van der Waals surface area contributed by atoms with Gasteiger partial charge in [0.1, 0.15) is 0 Å². The zero-order chi connectivity index (χ0) is 17.1. The van der Waals surface area contributed by atoms with Crippen LogP contribution in [0.2, 0.25) is 0 Å². The number of ketones is 1. The van der Waals surface area contributed by atoms with E-state index in [-0.39, 0.29) is 5.78 Å². The van der Waals surface area contributed by atoms with E-state index in [9.17, 15) is 4.79 Å². The number of aromatic nitrogens is 2. The van der Waals surface area contributed by atoms with E-state index >= 15 is 0 Å². The third-order valence-electron chi connectivity index (χ3n) is 5.04. The van der Waals surface area contributed by atoms with E-state index in [1.165, 1.54) is 20.3 Å². The molecule has 0 saturated carbocycles. The Bertz CT molecular complexity index is 1030. The zero-order valence-corrected chi connectivity index (χ0v) is 14.1. The topological polar surface area (TPSA) is 64.2 Å². The molecule has 1 aromatic carbocycles. The Balaban J connectivity index is 2.25. The van der Waals surface area contributed by atoms with Crippen LogP contribution < -0.4 is 0 Å². The quantitative estimate of drug-likeness (QED) is 0.735. The van der Waals surface area contributed by atoms with Gasteiger partial charge in [-0.2, -0.15) is 0 Å². The standard InChI is InChI=1S/C19H18N2O3/c1-10-13-9-20-8-7-12(13)11(2)18-16(10)17-14(21-18)5-6-15(22)19(17,23-3)24-4/h5-9,21H,1-4H3. The Labute approximate surface area is 139 Å². The lowest BCUT2D eigenvalue weighted by Gasteiger charge is -2.31. The molecule has 1 aliphatic carbocycles. The van der Waals surface area contributed by atoms with Gasteiger partial charge in [-0.15, -0.1) is 0 Å². The van der Waals surface area contributed by atoms with Gasteiger partial charge in [0.15, 0.2) is 0 Å². The number of H-pyrrole nitrogens is 1. The van der Waals surface area contributed by atoms with Gasteiger partial charge in [-0.05, 0) is 48.6 Å². The SMILES string of the molecule is COC1(OC)C(=O)C=Cc2[nH]c3c(C)c4ccncc4c(C)c3c21. The Morgan fingerprint density at radius 3 is 2.54 bits per heavy atom. The summed E-state index contributed by atoms with van der Waals surface area (Å²) in [7, 11) is 2.99. The first-order valence-electron chi connectivity index (χ1n) is 7.77. The molecular weight excluding hydrogens is 304 g/mol. The van der Waals surface area contributed by atoms with Crippen molar-refractivity contribution in [1.29, 1.82) is 0 Å². The Kier molecular flexibility index (Phi) is 3.13. The third-order valence-corrected chi connectivity index (χ3v) is 5.04. The van der Waals surface area contributed by atoms with Crippen molar-refractivity contribution < 1.29 is 14.3 Å². The molecule has 4 rings (SSSR count). The van der Waals surface area contributed by atoms with Crippen molar-refractivity contribution >= 4 is 33.5 Å². The lowest BCUT2D eigenvalue weighted by atomic mass is 9.89. The maximum atomic E-state index is 12.6. The summed E-state index contributed by atoms with van der Waals surface area (Å²) in [6.45, 7) is 4.11. The monoisotopic (exact) mass is 322 g/mol. The molecule has 122 valence electrons. The highest BCUT2D eigenvalue weighted by Crippen LogP contribution is 2.43. The van der Waals surface area contributed by atoms with Crippen LogP contribution in [0.5, 0.6) is 0 Å². The first-order chi connectivity index (χ1) is 11.5. The third kappa shape index (κ3) is 1.66. The number of hydrogen-bond donors (Lipinski definition) is 1. The van der Waals surface area contributed by atoms with E-state index in [1.54, 1.807) is 12.3 Å². The summed E-state index contributed by atoms with van der Waals surface area (Å²) in [4.78, 5) is 20.3. The van der Waals surface area contributed by atoms with E-state index < -0.39 is 5.79 Å². The van der Waals surface area contributed by atoms with E-state index in [0.717, 1.165) is 44.1 Å². The fraction of sp³-hybridized carbons (Fsp3) is 0.263. The number of carbonyl (C=O) groups excluding carboxylic acids is 1. The van der Waals surface area contributed by atoms with Crippen molar-refractivity contribution in [2.75, 3.05) is 14.2 Å². The van der Waals surface area contributed by atoms with Gasteiger partial charge in [0.05, 0.1) is 11.1 Å². The second kappa shape index (κ2) is 5.00. The molecule has 2 heterocycles. The number of aromatic amines is 1. The van der Waals surface area contributed by atoms with E-state index in [4.69, 9.17) is 9.47 Å². The van der Waals surface area contributed by atoms with Crippen molar-refractivity contribution in [3.8, 4) is 0 Å². The molecular formula is C19H18N2O3. The summed E-state index contributed by atoms with van der Waals surface area (Å²) in [5.41, 5.74) is 4.74. The number of hydrogen-bond acceptors (Lipinski definition) is 4. The van der Waals surface area contributed by atoms with Crippen LogP contribution >= 0.6 is 0 Å². The van der Waals surface area contributed by atoms with Crippen LogP contribution in [0, 0.1) is 13.8 Å². The second-order valence-electron chi connectivity index (χ2n) is 6.06. The maximum Gasteiger partial charge on any atom is 0.262 e. The molecule has 0 aliphatic heterocycles. The minimum atomic E-state index is -1.42. The summed E-state index contributed by atoms with van der Waals surface area (Å²) in [6.07, 6.45) is 6.94. The fourth-order valence-corrected chi connectivity index (χ4v) is 3.81. The molecule has 0 atom stereocenters. The smallest absolute Gasteiger partial charge is 0.262 e. The number of carbonyl (C=O) groups is 1. The number of pyridine rings is 1. The van der Waals surface area contributed by atoms with E-state index in [0.29, 0.717) is 0 Å².